The molecule has 2 aliphatic rings. The Balaban J connectivity index is 2.30. The Morgan fingerprint density at radius 2 is 1.62 bits per heavy atom. The van der Waals surface area contributed by atoms with Crippen molar-refractivity contribution in [2.75, 3.05) is 26.8 Å². The number of methoxy groups -OCH3 is 1. The van der Waals surface area contributed by atoms with Crippen LogP contribution >= 0.6 is 0 Å². The summed E-state index contributed by atoms with van der Waals surface area (Å²) in [6, 6.07) is -4.20. The number of carbonyl (C=O) groups is 6. The number of ketones is 1. The second-order valence-corrected chi connectivity index (χ2v) is 14.7. The molecule has 1 saturated carbocycles. The van der Waals surface area contributed by atoms with Crippen molar-refractivity contribution >= 4 is 35.7 Å². The number of rotatable bonds is 13. The van der Waals surface area contributed by atoms with Crippen LogP contribution < -0.4 is 21.3 Å². The Labute approximate surface area is 267 Å². The number of ether oxygens (including phenoxy) is 2. The number of amides is 5. The average Bonchev–Trinajstić information content (AvgIpc) is 3.26. The third-order valence-corrected chi connectivity index (χ3v) is 8.87. The monoisotopic (exact) mass is 635 g/mol. The summed E-state index contributed by atoms with van der Waals surface area (Å²) in [5, 5.41) is 10.8. The molecule has 0 aromatic carbocycles. The minimum atomic E-state index is -1.05. The van der Waals surface area contributed by atoms with Crippen molar-refractivity contribution in [1.29, 1.82) is 0 Å². The van der Waals surface area contributed by atoms with Crippen molar-refractivity contribution in [2.24, 2.45) is 28.1 Å². The largest absolute Gasteiger partial charge is 0.508 e. The number of fused-ring (bicyclic) bond motifs is 1. The van der Waals surface area contributed by atoms with E-state index in [-0.39, 0.29) is 36.8 Å². The normalized spacial score (nSPS) is 22.1. The summed E-state index contributed by atoms with van der Waals surface area (Å²) in [6.07, 6.45) is 1.37. The van der Waals surface area contributed by atoms with E-state index < -0.39 is 70.7 Å². The van der Waals surface area contributed by atoms with Gasteiger partial charge in [-0.3, -0.25) is 19.2 Å². The lowest BCUT2D eigenvalue weighted by Gasteiger charge is -2.38. The van der Waals surface area contributed by atoms with Crippen molar-refractivity contribution in [3.63, 3.8) is 0 Å². The number of likely N-dealkylation sites (tertiary alicyclic amines) is 1. The highest BCUT2D eigenvalue weighted by atomic mass is 16.7. The molecule has 0 spiro atoms. The fraction of sp³-hybridized carbons (Fsp3) is 0.750. The molecule has 5 amide bonds. The summed E-state index contributed by atoms with van der Waals surface area (Å²) < 4.78 is 9.62. The van der Waals surface area contributed by atoms with E-state index in [1.807, 2.05) is 62.3 Å². The number of Topliss-reactive ketones (excluding diaryl/α,β-unsaturated/α-hetero) is 1. The molecule has 0 radical (unpaired) electrons. The molecule has 1 unspecified atom stereocenters. The van der Waals surface area contributed by atoms with Crippen LogP contribution in [0.15, 0.2) is 12.7 Å². The third-order valence-electron chi connectivity index (χ3n) is 8.87. The molecular formula is C32H53N5O8. The Kier molecular flexibility index (Phi) is 12.2. The lowest BCUT2D eigenvalue weighted by Crippen LogP contribution is -2.62. The predicted molar refractivity (Wildman–Crippen MR) is 168 cm³/mol. The van der Waals surface area contributed by atoms with Gasteiger partial charge in [0.05, 0.1) is 19.2 Å². The van der Waals surface area contributed by atoms with Gasteiger partial charge < -0.3 is 35.6 Å². The highest BCUT2D eigenvalue weighted by Gasteiger charge is 2.70. The SMILES string of the molecule is C=CCNC(=O)C(=O)C(CCC)NC(=O)[C@@H]1[C@@H]2[C@H](CN1C(=O)[C@@H](NC(=O)N[C@H](COC(=O)OC)C(C)(C)C)C(C)(C)C)C2(C)C. The molecule has 2 rings (SSSR count). The molecule has 254 valence electrons. The number of urea groups is 1. The first kappa shape index (κ1) is 37.5. The molecule has 1 saturated heterocycles. The molecule has 45 heavy (non-hydrogen) atoms. The number of hydrogen-bond acceptors (Lipinski definition) is 8. The summed E-state index contributed by atoms with van der Waals surface area (Å²) >= 11 is 0. The van der Waals surface area contributed by atoms with Crippen molar-refractivity contribution in [1.82, 2.24) is 26.2 Å². The molecule has 1 aliphatic carbocycles. The van der Waals surface area contributed by atoms with E-state index in [9.17, 15) is 28.8 Å². The van der Waals surface area contributed by atoms with Gasteiger partial charge >= 0.3 is 12.2 Å². The van der Waals surface area contributed by atoms with Gasteiger partial charge in [-0.15, -0.1) is 6.58 Å². The zero-order valence-corrected chi connectivity index (χ0v) is 28.5. The van der Waals surface area contributed by atoms with Crippen LogP contribution in [0.4, 0.5) is 9.59 Å². The average molecular weight is 636 g/mol. The smallest absolute Gasteiger partial charge is 0.438 e. The van der Waals surface area contributed by atoms with E-state index in [2.05, 4.69) is 32.6 Å². The van der Waals surface area contributed by atoms with E-state index >= 15 is 0 Å². The number of piperidine rings is 1. The number of hydrogen-bond donors (Lipinski definition) is 4. The van der Waals surface area contributed by atoms with Gasteiger partial charge in [-0.25, -0.2) is 9.59 Å². The van der Waals surface area contributed by atoms with Crippen LogP contribution in [0, 0.1) is 28.1 Å². The van der Waals surface area contributed by atoms with Crippen LogP contribution in [0.1, 0.15) is 75.2 Å². The van der Waals surface area contributed by atoms with Gasteiger partial charge in [0, 0.05) is 13.1 Å². The van der Waals surface area contributed by atoms with Gasteiger partial charge in [0.2, 0.25) is 17.6 Å². The fourth-order valence-electron chi connectivity index (χ4n) is 5.90. The molecule has 0 aromatic heterocycles. The molecule has 0 bridgehead atoms. The van der Waals surface area contributed by atoms with E-state index in [1.165, 1.54) is 18.1 Å². The topological polar surface area (TPSA) is 172 Å². The minimum absolute atomic E-state index is 0.0589. The maximum Gasteiger partial charge on any atom is 0.508 e. The third kappa shape index (κ3) is 9.20. The van der Waals surface area contributed by atoms with E-state index in [1.54, 1.807) is 0 Å². The first-order valence-electron chi connectivity index (χ1n) is 15.5. The number of carbonyl (C=O) groups excluding carboxylic acids is 6. The van der Waals surface area contributed by atoms with E-state index in [0.717, 1.165) is 0 Å². The second kappa shape index (κ2) is 14.6. The molecule has 1 aliphatic heterocycles. The summed E-state index contributed by atoms with van der Waals surface area (Å²) in [5.74, 6) is -2.60. The van der Waals surface area contributed by atoms with Crippen molar-refractivity contribution in [3.8, 4) is 0 Å². The molecule has 1 heterocycles. The summed E-state index contributed by atoms with van der Waals surface area (Å²) in [5.41, 5.74) is -1.46. The zero-order chi connectivity index (χ0) is 34.5. The Morgan fingerprint density at radius 3 is 2.13 bits per heavy atom. The zero-order valence-electron chi connectivity index (χ0n) is 28.5. The quantitative estimate of drug-likeness (QED) is 0.136. The second-order valence-electron chi connectivity index (χ2n) is 14.7. The maximum absolute atomic E-state index is 14.2. The van der Waals surface area contributed by atoms with Crippen molar-refractivity contribution in [3.05, 3.63) is 12.7 Å². The van der Waals surface area contributed by atoms with Gasteiger partial charge in [-0.2, -0.15) is 0 Å². The molecule has 2 fully saturated rings. The van der Waals surface area contributed by atoms with Crippen LogP contribution in [-0.4, -0.2) is 91.6 Å². The highest BCUT2D eigenvalue weighted by molar-refractivity contribution is 6.38. The Bertz CT molecular complexity index is 1160. The first-order chi connectivity index (χ1) is 20.7. The highest BCUT2D eigenvalue weighted by Crippen LogP contribution is 2.65. The van der Waals surface area contributed by atoms with Crippen molar-refractivity contribution < 1.29 is 38.2 Å². The van der Waals surface area contributed by atoms with Crippen LogP contribution in [0.5, 0.6) is 0 Å². The molecular weight excluding hydrogens is 582 g/mol. The lowest BCUT2D eigenvalue weighted by atomic mass is 9.85. The number of nitrogens with zero attached hydrogens (tertiary/aromatic N) is 1. The first-order valence-corrected chi connectivity index (χ1v) is 15.5. The lowest BCUT2D eigenvalue weighted by molar-refractivity contribution is -0.145. The predicted octanol–water partition coefficient (Wildman–Crippen LogP) is 2.54. The fourth-order valence-corrected chi connectivity index (χ4v) is 5.90. The molecule has 6 atom stereocenters. The Morgan fingerprint density at radius 1 is 1.00 bits per heavy atom. The molecule has 13 heteroatoms. The number of nitrogens with one attached hydrogen (secondary N) is 4. The summed E-state index contributed by atoms with van der Waals surface area (Å²) in [7, 11) is 1.19. The van der Waals surface area contributed by atoms with Crippen LogP contribution in [0.3, 0.4) is 0 Å². The maximum atomic E-state index is 14.2. The minimum Gasteiger partial charge on any atom is -0.438 e. The van der Waals surface area contributed by atoms with Crippen LogP contribution in [-0.2, 0) is 28.7 Å². The summed E-state index contributed by atoms with van der Waals surface area (Å²) in [4.78, 5) is 79.7. The van der Waals surface area contributed by atoms with Crippen LogP contribution in [0.2, 0.25) is 0 Å². The van der Waals surface area contributed by atoms with Gasteiger partial charge in [-0.1, -0.05) is 74.8 Å². The standard InChI is InChI=1S/C32H53N5O8/c1-12-14-19(23(38)26(40)33-15-13-2)34-25(39)22-21-18(32(21,9)10)16-37(22)27(41)24(31(6,7)8)36-28(42)35-20(30(3,4)5)17-45-29(43)44-11/h13,18-22,24H,2,12,14-17H2,1,3-11H3,(H,33,40)(H,34,39)(H2,35,36,42)/t18-,19?,20+,21-,22-,24+/m0/s1. The van der Waals surface area contributed by atoms with Crippen molar-refractivity contribution in [2.45, 2.75) is 99.3 Å². The van der Waals surface area contributed by atoms with Gasteiger partial charge in [-0.05, 0) is 34.5 Å². The van der Waals surface area contributed by atoms with Gasteiger partial charge in [0.15, 0.2) is 0 Å². The van der Waals surface area contributed by atoms with Gasteiger partial charge in [0.25, 0.3) is 5.91 Å². The molecule has 4 N–H and O–H groups in total. The van der Waals surface area contributed by atoms with E-state index in [0.29, 0.717) is 13.0 Å². The van der Waals surface area contributed by atoms with Crippen LogP contribution in [0.25, 0.3) is 0 Å². The molecule has 13 nitrogen and oxygen atoms in total. The van der Waals surface area contributed by atoms with Gasteiger partial charge in [0.1, 0.15) is 18.7 Å². The summed E-state index contributed by atoms with van der Waals surface area (Å²) in [6.45, 7) is 20.8. The van der Waals surface area contributed by atoms with E-state index in [4.69, 9.17) is 4.74 Å². The Hall–Kier alpha value is -3.64. The molecule has 0 aromatic rings.